The Morgan fingerprint density at radius 3 is 2.38 bits per heavy atom. The summed E-state index contributed by atoms with van der Waals surface area (Å²) in [7, 11) is -1.46. The van der Waals surface area contributed by atoms with Crippen molar-refractivity contribution in [3.63, 3.8) is 0 Å². The zero-order chi connectivity index (χ0) is 15.6. The van der Waals surface area contributed by atoms with Crippen LogP contribution in [0.25, 0.3) is 0 Å². The van der Waals surface area contributed by atoms with E-state index in [0.29, 0.717) is 15.5 Å². The molecule has 0 aliphatic carbocycles. The van der Waals surface area contributed by atoms with E-state index < -0.39 is 16.0 Å². The predicted molar refractivity (Wildman–Crippen MR) is 87.6 cm³/mol. The second-order valence-electron chi connectivity index (χ2n) is 5.03. The van der Waals surface area contributed by atoms with Crippen molar-refractivity contribution < 1.29 is 9.00 Å². The van der Waals surface area contributed by atoms with E-state index >= 15 is 0 Å². The molecule has 0 radical (unpaired) electrons. The van der Waals surface area contributed by atoms with E-state index in [0.717, 1.165) is 11.1 Å². The molecular weight excluding hydrogens is 304 g/mol. The summed E-state index contributed by atoms with van der Waals surface area (Å²) >= 11 is 6.06. The summed E-state index contributed by atoms with van der Waals surface area (Å²) < 4.78 is 12.5. The Balaban J connectivity index is 2.29. The van der Waals surface area contributed by atoms with Gasteiger partial charge < -0.3 is 0 Å². The average molecular weight is 321 g/mol. The first kappa shape index (κ1) is 15.9. The molecule has 0 saturated heterocycles. The number of Topliss-reactive ketones (excluding diaryl/α,β-unsaturated/α-hetero) is 1. The minimum absolute atomic E-state index is 0.128. The lowest BCUT2D eigenvalue weighted by molar-refractivity contribution is 0.0992. The minimum Gasteiger partial charge on any atom is -0.293 e. The molecule has 110 valence electrons. The molecule has 0 fully saturated rings. The molecule has 0 bridgehead atoms. The van der Waals surface area contributed by atoms with Gasteiger partial charge in [0, 0.05) is 5.56 Å². The zero-order valence-corrected chi connectivity index (χ0v) is 13.8. The number of carbonyl (C=O) groups is 1. The molecule has 2 unspecified atom stereocenters. The SMILES string of the molecule is Cc1ccc(C(=O)C(C)S(=O)c2ccccc2Cl)cc1C. The Bertz CT molecular complexity index is 710. The lowest BCUT2D eigenvalue weighted by atomic mass is 10.0. The zero-order valence-electron chi connectivity index (χ0n) is 12.2. The highest BCUT2D eigenvalue weighted by atomic mass is 35.5. The van der Waals surface area contributed by atoms with Crippen molar-refractivity contribution in [2.24, 2.45) is 0 Å². The third kappa shape index (κ3) is 3.42. The van der Waals surface area contributed by atoms with Crippen molar-refractivity contribution in [3.05, 3.63) is 64.2 Å². The molecule has 2 rings (SSSR count). The van der Waals surface area contributed by atoms with E-state index in [-0.39, 0.29) is 5.78 Å². The van der Waals surface area contributed by atoms with Gasteiger partial charge in [0.1, 0.15) is 0 Å². The van der Waals surface area contributed by atoms with E-state index in [1.165, 1.54) is 0 Å². The van der Waals surface area contributed by atoms with Crippen molar-refractivity contribution in [3.8, 4) is 0 Å². The van der Waals surface area contributed by atoms with Gasteiger partial charge >= 0.3 is 0 Å². The van der Waals surface area contributed by atoms with E-state index in [2.05, 4.69) is 0 Å². The van der Waals surface area contributed by atoms with Crippen LogP contribution < -0.4 is 0 Å². The molecule has 2 nitrogen and oxygen atoms in total. The predicted octanol–water partition coefficient (Wildman–Crippen LogP) is 4.34. The molecule has 2 aromatic rings. The number of hydrogen-bond acceptors (Lipinski definition) is 2. The van der Waals surface area contributed by atoms with Crippen LogP contribution in [0, 0.1) is 13.8 Å². The number of benzene rings is 2. The molecule has 0 saturated carbocycles. The number of carbonyl (C=O) groups excluding carboxylic acids is 1. The standard InChI is InChI=1S/C17H17ClO2S/c1-11-8-9-14(10-12(11)2)17(19)13(3)21(20)16-7-5-4-6-15(16)18/h4-10,13H,1-3H3. The van der Waals surface area contributed by atoms with Gasteiger partial charge in [-0.05, 0) is 50.1 Å². The molecule has 21 heavy (non-hydrogen) atoms. The Kier molecular flexibility index (Phi) is 4.96. The molecule has 4 heteroatoms. The summed E-state index contributed by atoms with van der Waals surface area (Å²) in [4.78, 5) is 13.0. The fraction of sp³-hybridized carbons (Fsp3) is 0.235. The monoisotopic (exact) mass is 320 g/mol. The number of halogens is 1. The van der Waals surface area contributed by atoms with Crippen molar-refractivity contribution in [2.45, 2.75) is 30.9 Å². The molecule has 0 spiro atoms. The van der Waals surface area contributed by atoms with Gasteiger partial charge in [0.15, 0.2) is 5.78 Å². The third-order valence-corrected chi connectivity index (χ3v) is 5.62. The first-order valence-electron chi connectivity index (χ1n) is 6.68. The third-order valence-electron chi connectivity index (χ3n) is 3.54. The van der Waals surface area contributed by atoms with Crippen molar-refractivity contribution >= 4 is 28.2 Å². The summed E-state index contributed by atoms with van der Waals surface area (Å²) in [5, 5.41) is -0.206. The number of aryl methyl sites for hydroxylation is 2. The van der Waals surface area contributed by atoms with Crippen LogP contribution in [0.15, 0.2) is 47.4 Å². The first-order chi connectivity index (χ1) is 9.91. The van der Waals surface area contributed by atoms with Crippen molar-refractivity contribution in [1.29, 1.82) is 0 Å². The largest absolute Gasteiger partial charge is 0.293 e. The van der Waals surface area contributed by atoms with Gasteiger partial charge in [-0.25, -0.2) is 0 Å². The highest BCUT2D eigenvalue weighted by Gasteiger charge is 2.24. The summed E-state index contributed by atoms with van der Waals surface area (Å²) in [6, 6.07) is 12.5. The average Bonchev–Trinajstić information content (AvgIpc) is 2.48. The second-order valence-corrected chi connectivity index (χ2v) is 7.18. The van der Waals surface area contributed by atoms with Crippen LogP contribution in [0.1, 0.15) is 28.4 Å². The Labute approximate surface area is 132 Å². The normalized spacial score (nSPS) is 13.7. The molecule has 0 N–H and O–H groups in total. The lowest BCUT2D eigenvalue weighted by Crippen LogP contribution is -2.23. The van der Waals surface area contributed by atoms with E-state index in [1.54, 1.807) is 37.3 Å². The maximum absolute atomic E-state index is 12.5. The molecular formula is C17H17ClO2S. The van der Waals surface area contributed by atoms with Crippen molar-refractivity contribution in [1.82, 2.24) is 0 Å². The molecule has 0 heterocycles. The van der Waals surface area contributed by atoms with E-state index in [1.807, 2.05) is 26.0 Å². The van der Waals surface area contributed by atoms with Crippen LogP contribution in [0.3, 0.4) is 0 Å². The van der Waals surface area contributed by atoms with Crippen molar-refractivity contribution in [2.75, 3.05) is 0 Å². The Hall–Kier alpha value is -1.45. The minimum atomic E-state index is -1.46. The van der Waals surface area contributed by atoms with Gasteiger partial charge in [-0.1, -0.05) is 35.9 Å². The molecule has 0 aromatic heterocycles. The fourth-order valence-corrected chi connectivity index (χ4v) is 3.57. The van der Waals surface area contributed by atoms with E-state index in [4.69, 9.17) is 11.6 Å². The maximum atomic E-state index is 12.5. The number of hydrogen-bond donors (Lipinski definition) is 0. The van der Waals surface area contributed by atoms with Crippen LogP contribution in [-0.2, 0) is 10.8 Å². The summed E-state index contributed by atoms with van der Waals surface area (Å²) in [6.07, 6.45) is 0. The van der Waals surface area contributed by atoms with Gasteiger partial charge in [-0.3, -0.25) is 9.00 Å². The van der Waals surface area contributed by atoms with Gasteiger partial charge in [-0.15, -0.1) is 0 Å². The molecule has 2 aromatic carbocycles. The highest BCUT2D eigenvalue weighted by Crippen LogP contribution is 2.23. The summed E-state index contributed by atoms with van der Waals surface area (Å²) in [5.74, 6) is -0.128. The Morgan fingerprint density at radius 1 is 1.10 bits per heavy atom. The molecule has 0 amide bonds. The maximum Gasteiger partial charge on any atom is 0.178 e. The van der Waals surface area contributed by atoms with Crippen LogP contribution in [0.5, 0.6) is 0 Å². The van der Waals surface area contributed by atoms with Gasteiger partial charge in [0.2, 0.25) is 0 Å². The van der Waals surface area contributed by atoms with Crippen LogP contribution in [-0.4, -0.2) is 15.2 Å². The van der Waals surface area contributed by atoms with Crippen LogP contribution >= 0.6 is 11.6 Å². The molecule has 0 aliphatic heterocycles. The number of ketones is 1. The second kappa shape index (κ2) is 6.54. The van der Waals surface area contributed by atoms with Gasteiger partial charge in [-0.2, -0.15) is 0 Å². The molecule has 0 aliphatic rings. The highest BCUT2D eigenvalue weighted by molar-refractivity contribution is 7.86. The number of rotatable bonds is 4. The summed E-state index contributed by atoms with van der Waals surface area (Å²) in [5.41, 5.74) is 2.77. The smallest absolute Gasteiger partial charge is 0.178 e. The molecule has 2 atom stereocenters. The van der Waals surface area contributed by atoms with Crippen LogP contribution in [0.4, 0.5) is 0 Å². The summed E-state index contributed by atoms with van der Waals surface area (Å²) in [6.45, 7) is 5.63. The quantitative estimate of drug-likeness (QED) is 0.785. The first-order valence-corrected chi connectivity index (χ1v) is 8.27. The van der Waals surface area contributed by atoms with Crippen LogP contribution in [0.2, 0.25) is 5.02 Å². The van der Waals surface area contributed by atoms with E-state index in [9.17, 15) is 9.00 Å². The topological polar surface area (TPSA) is 34.1 Å². The lowest BCUT2D eigenvalue weighted by Gasteiger charge is -2.12. The Morgan fingerprint density at radius 2 is 1.76 bits per heavy atom. The van der Waals surface area contributed by atoms with Gasteiger partial charge in [0.25, 0.3) is 0 Å². The van der Waals surface area contributed by atoms with Gasteiger partial charge in [0.05, 0.1) is 26.0 Å². The fourth-order valence-electron chi connectivity index (χ4n) is 2.02.